The van der Waals surface area contributed by atoms with Crippen LogP contribution in [0.3, 0.4) is 0 Å². The Morgan fingerprint density at radius 2 is 2.00 bits per heavy atom. The minimum atomic E-state index is -1.31. The van der Waals surface area contributed by atoms with E-state index in [9.17, 15) is 22.8 Å². The number of carbonyl (C=O) groups excluding carboxylic acids is 2. The van der Waals surface area contributed by atoms with Gasteiger partial charge in [0.25, 0.3) is 5.91 Å². The van der Waals surface area contributed by atoms with Gasteiger partial charge >= 0.3 is 0 Å². The second-order valence-electron chi connectivity index (χ2n) is 4.92. The van der Waals surface area contributed by atoms with Crippen LogP contribution < -0.4 is 5.73 Å². The highest BCUT2D eigenvalue weighted by Gasteiger charge is 2.24. The van der Waals surface area contributed by atoms with Crippen LogP contribution in [0.2, 0.25) is 0 Å². The molecule has 0 spiro atoms. The number of rotatable bonds is 9. The maximum atomic E-state index is 14.1. The molecule has 1 aromatic rings. The summed E-state index contributed by atoms with van der Waals surface area (Å²) < 4.78 is 41.7. The molecule has 1 atom stereocenters. The van der Waals surface area contributed by atoms with E-state index < -0.39 is 34.2 Å². The summed E-state index contributed by atoms with van der Waals surface area (Å²) in [5.41, 5.74) is 4.85. The zero-order valence-electron chi connectivity index (χ0n) is 13.5. The van der Waals surface area contributed by atoms with Gasteiger partial charge < -0.3 is 10.5 Å². The molecule has 0 saturated heterocycles. The molecule has 1 amide bonds. The van der Waals surface area contributed by atoms with Crippen molar-refractivity contribution >= 4 is 29.7 Å². The molecular formula is C17H17F3N2O2S. The van der Waals surface area contributed by atoms with E-state index in [1.165, 1.54) is 13.1 Å². The van der Waals surface area contributed by atoms with Crippen molar-refractivity contribution in [3.05, 3.63) is 59.6 Å². The SMILES string of the molecule is C=C/C(=N\C=C(/C)C(SCCC=O)c1c(F)ccc(F)c1F)C(N)=O. The van der Waals surface area contributed by atoms with E-state index in [0.29, 0.717) is 17.9 Å². The molecule has 0 heterocycles. The molecule has 2 N–H and O–H groups in total. The van der Waals surface area contributed by atoms with E-state index in [4.69, 9.17) is 5.73 Å². The molecule has 8 heteroatoms. The van der Waals surface area contributed by atoms with Crippen molar-refractivity contribution < 1.29 is 22.8 Å². The average molecular weight is 370 g/mol. The number of nitrogens with two attached hydrogens (primary N) is 1. The largest absolute Gasteiger partial charge is 0.364 e. The predicted octanol–water partition coefficient (Wildman–Crippen LogP) is 3.48. The fourth-order valence-corrected chi connectivity index (χ4v) is 3.09. The van der Waals surface area contributed by atoms with Crippen LogP contribution in [0.1, 0.15) is 24.2 Å². The minimum Gasteiger partial charge on any atom is -0.364 e. The van der Waals surface area contributed by atoms with Gasteiger partial charge in [0, 0.05) is 23.9 Å². The van der Waals surface area contributed by atoms with Gasteiger partial charge in [-0.15, -0.1) is 11.8 Å². The monoisotopic (exact) mass is 370 g/mol. The molecule has 1 rings (SSSR count). The summed E-state index contributed by atoms with van der Waals surface area (Å²) in [4.78, 5) is 25.5. The molecule has 134 valence electrons. The van der Waals surface area contributed by atoms with Crippen molar-refractivity contribution in [3.8, 4) is 0 Å². The number of amides is 1. The van der Waals surface area contributed by atoms with Crippen LogP contribution >= 0.6 is 11.8 Å². The second kappa shape index (κ2) is 9.83. The van der Waals surface area contributed by atoms with Gasteiger partial charge in [0.15, 0.2) is 11.6 Å². The number of carbonyl (C=O) groups is 2. The molecule has 25 heavy (non-hydrogen) atoms. The lowest BCUT2D eigenvalue weighted by atomic mass is 10.0. The molecule has 0 aliphatic carbocycles. The Balaban J connectivity index is 3.34. The van der Waals surface area contributed by atoms with Crippen LogP contribution in [0.5, 0.6) is 0 Å². The number of hydrogen-bond acceptors (Lipinski definition) is 4. The summed E-state index contributed by atoms with van der Waals surface area (Å²) in [7, 11) is 0. The third-order valence-electron chi connectivity index (χ3n) is 3.13. The Kier molecular flexibility index (Phi) is 8.13. The molecule has 0 fully saturated rings. The molecule has 0 aromatic heterocycles. The highest BCUT2D eigenvalue weighted by atomic mass is 32.2. The summed E-state index contributed by atoms with van der Waals surface area (Å²) in [5, 5.41) is -0.932. The quantitative estimate of drug-likeness (QED) is 0.313. The van der Waals surface area contributed by atoms with Crippen LogP contribution in [0.25, 0.3) is 0 Å². The summed E-state index contributed by atoms with van der Waals surface area (Å²) >= 11 is 1.05. The van der Waals surface area contributed by atoms with Gasteiger partial charge in [0.05, 0.1) is 5.25 Å². The molecule has 0 aliphatic rings. The van der Waals surface area contributed by atoms with Crippen molar-refractivity contribution in [2.24, 2.45) is 10.7 Å². The van der Waals surface area contributed by atoms with E-state index in [1.807, 2.05) is 0 Å². The van der Waals surface area contributed by atoms with E-state index in [-0.39, 0.29) is 17.9 Å². The number of halogens is 3. The van der Waals surface area contributed by atoms with Crippen LogP contribution in [0, 0.1) is 17.5 Å². The number of nitrogens with zero attached hydrogens (tertiary/aromatic N) is 1. The normalized spacial score (nSPS) is 13.4. The Bertz CT molecular complexity index is 733. The Morgan fingerprint density at radius 1 is 1.36 bits per heavy atom. The van der Waals surface area contributed by atoms with Crippen LogP contribution in [-0.4, -0.2) is 23.7 Å². The first-order valence-electron chi connectivity index (χ1n) is 7.18. The molecule has 0 radical (unpaired) electrons. The zero-order chi connectivity index (χ0) is 19.0. The third kappa shape index (κ3) is 5.60. The van der Waals surface area contributed by atoms with Gasteiger partial charge in [-0.1, -0.05) is 6.58 Å². The molecule has 0 aliphatic heterocycles. The van der Waals surface area contributed by atoms with Gasteiger partial charge in [-0.2, -0.15) is 0 Å². The lowest BCUT2D eigenvalue weighted by molar-refractivity contribution is -0.112. The predicted molar refractivity (Wildman–Crippen MR) is 92.8 cm³/mol. The van der Waals surface area contributed by atoms with Crippen LogP contribution in [0.4, 0.5) is 13.2 Å². The smallest absolute Gasteiger partial charge is 0.267 e. The summed E-state index contributed by atoms with van der Waals surface area (Å²) in [6.45, 7) is 4.91. The van der Waals surface area contributed by atoms with Gasteiger partial charge in [-0.25, -0.2) is 13.2 Å². The summed E-state index contributed by atoms with van der Waals surface area (Å²) in [5.74, 6) is -3.95. The number of hydrogen-bond donors (Lipinski definition) is 1. The standard InChI is InChI=1S/C17H17F3N2O2S/c1-3-13(17(21)24)22-9-10(2)16(25-8-4-7-23)14-11(18)5-6-12(19)15(14)20/h3,5-7,9,16H,1,4,8H2,2H3,(H2,21,24)/b10-9+,22-13+. The van der Waals surface area contributed by atoms with Crippen molar-refractivity contribution in [2.45, 2.75) is 18.6 Å². The first kappa shape index (κ1) is 20.7. The number of primary amides is 1. The van der Waals surface area contributed by atoms with Gasteiger partial charge in [0.2, 0.25) is 0 Å². The third-order valence-corrected chi connectivity index (χ3v) is 4.54. The number of aliphatic imine (C=N–C) groups is 1. The molecular weight excluding hydrogens is 353 g/mol. The highest BCUT2D eigenvalue weighted by molar-refractivity contribution is 7.99. The molecule has 0 saturated carbocycles. The summed E-state index contributed by atoms with van der Waals surface area (Å²) in [6, 6.07) is 1.53. The van der Waals surface area contributed by atoms with Gasteiger partial charge in [-0.05, 0) is 30.7 Å². The highest BCUT2D eigenvalue weighted by Crippen LogP contribution is 2.39. The molecule has 0 bridgehead atoms. The lowest BCUT2D eigenvalue weighted by Gasteiger charge is -2.19. The van der Waals surface area contributed by atoms with Crippen LogP contribution in [0.15, 0.2) is 41.6 Å². The van der Waals surface area contributed by atoms with Crippen molar-refractivity contribution in [1.82, 2.24) is 0 Å². The van der Waals surface area contributed by atoms with E-state index >= 15 is 0 Å². The van der Waals surface area contributed by atoms with E-state index in [0.717, 1.165) is 23.9 Å². The van der Waals surface area contributed by atoms with Crippen molar-refractivity contribution in [3.63, 3.8) is 0 Å². The maximum Gasteiger partial charge on any atom is 0.267 e. The second-order valence-corrected chi connectivity index (χ2v) is 6.13. The van der Waals surface area contributed by atoms with Gasteiger partial charge in [-0.3, -0.25) is 9.79 Å². The molecule has 1 aromatic carbocycles. The van der Waals surface area contributed by atoms with E-state index in [1.54, 1.807) is 0 Å². The maximum absolute atomic E-state index is 14.1. The fraction of sp³-hybridized carbons (Fsp3) is 0.235. The average Bonchev–Trinajstić information content (AvgIpc) is 2.57. The first-order chi connectivity index (χ1) is 11.8. The molecule has 4 nitrogen and oxygen atoms in total. The summed E-state index contributed by atoms with van der Waals surface area (Å²) in [6.07, 6.45) is 3.19. The van der Waals surface area contributed by atoms with E-state index in [2.05, 4.69) is 11.6 Å². The topological polar surface area (TPSA) is 72.5 Å². The number of aldehydes is 1. The van der Waals surface area contributed by atoms with Crippen LogP contribution in [-0.2, 0) is 9.59 Å². The first-order valence-corrected chi connectivity index (χ1v) is 8.23. The lowest BCUT2D eigenvalue weighted by Crippen LogP contribution is -2.20. The zero-order valence-corrected chi connectivity index (χ0v) is 14.3. The minimum absolute atomic E-state index is 0.129. The number of thioether (sulfide) groups is 1. The Labute approximate surface area is 147 Å². The molecule has 1 unspecified atom stereocenters. The van der Waals surface area contributed by atoms with Crippen molar-refractivity contribution in [2.75, 3.05) is 5.75 Å². The van der Waals surface area contributed by atoms with Crippen molar-refractivity contribution in [1.29, 1.82) is 0 Å². The Hall–Kier alpha value is -2.35. The van der Waals surface area contributed by atoms with Gasteiger partial charge in [0.1, 0.15) is 17.8 Å². The number of benzene rings is 1. The fourth-order valence-electron chi connectivity index (χ4n) is 1.92. The Morgan fingerprint density at radius 3 is 2.56 bits per heavy atom.